The molecule has 1 aromatic heterocycles. The first-order valence-electron chi connectivity index (χ1n) is 6.44. The number of rotatable bonds is 2. The minimum atomic E-state index is 0.596. The fourth-order valence-electron chi connectivity index (χ4n) is 2.19. The molecule has 0 aliphatic rings. The van der Waals surface area contributed by atoms with Crippen molar-refractivity contribution < 1.29 is 4.42 Å². The number of hydrogen-bond acceptors (Lipinski definition) is 3. The van der Waals surface area contributed by atoms with Gasteiger partial charge in [0.2, 0.25) is 5.89 Å². The van der Waals surface area contributed by atoms with Gasteiger partial charge in [-0.25, -0.2) is 4.98 Å². The Kier molecular flexibility index (Phi) is 3.14. The third kappa shape index (κ3) is 2.14. The summed E-state index contributed by atoms with van der Waals surface area (Å²) in [6, 6.07) is 9.85. The SMILES string of the molecule is CNc1cc(C)c2oc(-c3ccc(C)c(Cl)c3)nc2c1. The average molecular weight is 287 g/mol. The van der Waals surface area contributed by atoms with E-state index in [-0.39, 0.29) is 0 Å². The van der Waals surface area contributed by atoms with Crippen molar-refractivity contribution >= 4 is 28.4 Å². The van der Waals surface area contributed by atoms with E-state index in [1.807, 2.05) is 51.2 Å². The normalized spacial score (nSPS) is 11.0. The Morgan fingerprint density at radius 2 is 1.90 bits per heavy atom. The molecule has 3 aromatic rings. The molecular formula is C16H15ClN2O. The van der Waals surface area contributed by atoms with Crippen LogP contribution in [0.2, 0.25) is 5.02 Å². The van der Waals surface area contributed by atoms with E-state index in [9.17, 15) is 0 Å². The Morgan fingerprint density at radius 1 is 1.10 bits per heavy atom. The summed E-state index contributed by atoms with van der Waals surface area (Å²) >= 11 is 6.16. The minimum Gasteiger partial charge on any atom is -0.436 e. The first-order valence-corrected chi connectivity index (χ1v) is 6.82. The fraction of sp³-hybridized carbons (Fsp3) is 0.188. The lowest BCUT2D eigenvalue weighted by atomic mass is 10.1. The van der Waals surface area contributed by atoms with Gasteiger partial charge in [0.05, 0.1) is 0 Å². The van der Waals surface area contributed by atoms with E-state index >= 15 is 0 Å². The van der Waals surface area contributed by atoms with Gasteiger partial charge in [-0.15, -0.1) is 0 Å². The van der Waals surface area contributed by atoms with E-state index in [4.69, 9.17) is 16.0 Å². The molecule has 4 heteroatoms. The first kappa shape index (κ1) is 13.0. The average Bonchev–Trinajstić information content (AvgIpc) is 2.86. The van der Waals surface area contributed by atoms with Gasteiger partial charge < -0.3 is 9.73 Å². The van der Waals surface area contributed by atoms with E-state index in [0.29, 0.717) is 5.89 Å². The zero-order valence-corrected chi connectivity index (χ0v) is 12.4. The Hall–Kier alpha value is -2.00. The highest BCUT2D eigenvalue weighted by atomic mass is 35.5. The number of nitrogens with zero attached hydrogens (tertiary/aromatic N) is 1. The zero-order chi connectivity index (χ0) is 14.3. The highest BCUT2D eigenvalue weighted by molar-refractivity contribution is 6.31. The zero-order valence-electron chi connectivity index (χ0n) is 11.6. The van der Waals surface area contributed by atoms with Crippen molar-refractivity contribution in [2.45, 2.75) is 13.8 Å². The number of halogens is 1. The number of anilines is 1. The van der Waals surface area contributed by atoms with Gasteiger partial charge in [0, 0.05) is 23.3 Å². The van der Waals surface area contributed by atoms with E-state index in [2.05, 4.69) is 10.3 Å². The van der Waals surface area contributed by atoms with Crippen LogP contribution in [0.5, 0.6) is 0 Å². The van der Waals surface area contributed by atoms with Gasteiger partial charge in [-0.3, -0.25) is 0 Å². The molecule has 0 aliphatic carbocycles. The second-order valence-corrected chi connectivity index (χ2v) is 5.28. The van der Waals surface area contributed by atoms with E-state index < -0.39 is 0 Å². The summed E-state index contributed by atoms with van der Waals surface area (Å²) in [5.74, 6) is 0.596. The molecule has 3 rings (SSSR count). The number of aromatic nitrogens is 1. The van der Waals surface area contributed by atoms with Crippen LogP contribution in [0, 0.1) is 13.8 Å². The lowest BCUT2D eigenvalue weighted by Crippen LogP contribution is -1.88. The van der Waals surface area contributed by atoms with Crippen LogP contribution in [0.15, 0.2) is 34.7 Å². The molecule has 1 heterocycles. The minimum absolute atomic E-state index is 0.596. The quantitative estimate of drug-likeness (QED) is 0.735. The van der Waals surface area contributed by atoms with Crippen LogP contribution in [0.3, 0.4) is 0 Å². The van der Waals surface area contributed by atoms with Gasteiger partial charge in [0.1, 0.15) is 5.52 Å². The summed E-state index contributed by atoms with van der Waals surface area (Å²) in [5, 5.41) is 3.84. The molecule has 2 aromatic carbocycles. The summed E-state index contributed by atoms with van der Waals surface area (Å²) in [6.45, 7) is 3.99. The van der Waals surface area contributed by atoms with Crippen LogP contribution < -0.4 is 5.32 Å². The number of nitrogens with one attached hydrogen (secondary N) is 1. The number of hydrogen-bond donors (Lipinski definition) is 1. The standard InChI is InChI=1S/C16H15ClN2O/c1-9-4-5-11(7-13(9)17)16-19-14-8-12(18-3)6-10(2)15(14)20-16/h4-8,18H,1-3H3. The summed E-state index contributed by atoms with van der Waals surface area (Å²) in [4.78, 5) is 4.56. The van der Waals surface area contributed by atoms with Gasteiger partial charge in [-0.1, -0.05) is 17.7 Å². The molecule has 0 amide bonds. The predicted molar refractivity (Wildman–Crippen MR) is 83.5 cm³/mol. The summed E-state index contributed by atoms with van der Waals surface area (Å²) in [7, 11) is 1.89. The topological polar surface area (TPSA) is 38.1 Å². The van der Waals surface area contributed by atoms with Crippen molar-refractivity contribution in [3.8, 4) is 11.5 Å². The maximum Gasteiger partial charge on any atom is 0.227 e. The molecule has 3 nitrogen and oxygen atoms in total. The van der Waals surface area contributed by atoms with Crippen LogP contribution in [0.4, 0.5) is 5.69 Å². The molecule has 0 aliphatic heterocycles. The maximum atomic E-state index is 6.16. The molecule has 0 bridgehead atoms. The van der Waals surface area contributed by atoms with Gasteiger partial charge in [0.25, 0.3) is 0 Å². The molecule has 0 saturated heterocycles. The lowest BCUT2D eigenvalue weighted by molar-refractivity contribution is 0.617. The van der Waals surface area contributed by atoms with E-state index in [0.717, 1.165) is 38.5 Å². The molecule has 0 radical (unpaired) electrons. The van der Waals surface area contributed by atoms with Crippen molar-refractivity contribution in [2.75, 3.05) is 12.4 Å². The first-order chi connectivity index (χ1) is 9.58. The van der Waals surface area contributed by atoms with Crippen molar-refractivity contribution in [1.29, 1.82) is 0 Å². The molecule has 0 spiro atoms. The van der Waals surface area contributed by atoms with Gasteiger partial charge in [-0.2, -0.15) is 0 Å². The summed E-state index contributed by atoms with van der Waals surface area (Å²) < 4.78 is 5.88. The van der Waals surface area contributed by atoms with Crippen molar-refractivity contribution in [3.05, 3.63) is 46.5 Å². The second kappa shape index (κ2) is 4.84. The Labute approximate surface area is 122 Å². The summed E-state index contributed by atoms with van der Waals surface area (Å²) in [6.07, 6.45) is 0. The smallest absolute Gasteiger partial charge is 0.227 e. The molecule has 0 unspecified atom stereocenters. The molecule has 102 valence electrons. The highest BCUT2D eigenvalue weighted by Gasteiger charge is 2.12. The highest BCUT2D eigenvalue weighted by Crippen LogP contribution is 2.30. The third-order valence-electron chi connectivity index (χ3n) is 3.38. The van der Waals surface area contributed by atoms with Crippen molar-refractivity contribution in [3.63, 3.8) is 0 Å². The largest absolute Gasteiger partial charge is 0.436 e. The number of benzene rings is 2. The van der Waals surface area contributed by atoms with E-state index in [1.165, 1.54) is 0 Å². The molecule has 0 fully saturated rings. The summed E-state index contributed by atoms with van der Waals surface area (Å²) in [5.41, 5.74) is 5.68. The fourth-order valence-corrected chi connectivity index (χ4v) is 2.37. The lowest BCUT2D eigenvalue weighted by Gasteiger charge is -2.00. The Morgan fingerprint density at radius 3 is 2.60 bits per heavy atom. The molecule has 1 N–H and O–H groups in total. The monoisotopic (exact) mass is 286 g/mol. The van der Waals surface area contributed by atoms with Crippen LogP contribution in [0.1, 0.15) is 11.1 Å². The number of fused-ring (bicyclic) bond motifs is 1. The van der Waals surface area contributed by atoms with E-state index in [1.54, 1.807) is 0 Å². The molecular weight excluding hydrogens is 272 g/mol. The van der Waals surface area contributed by atoms with Crippen LogP contribution in [0.25, 0.3) is 22.6 Å². The van der Waals surface area contributed by atoms with Crippen LogP contribution >= 0.6 is 11.6 Å². The number of aryl methyl sites for hydroxylation is 2. The van der Waals surface area contributed by atoms with Crippen LogP contribution in [-0.4, -0.2) is 12.0 Å². The van der Waals surface area contributed by atoms with Gasteiger partial charge >= 0.3 is 0 Å². The molecule has 0 atom stereocenters. The van der Waals surface area contributed by atoms with Gasteiger partial charge in [-0.05, 0) is 49.2 Å². The molecule has 0 saturated carbocycles. The molecule has 20 heavy (non-hydrogen) atoms. The Balaban J connectivity index is 2.17. The maximum absolute atomic E-state index is 6.16. The van der Waals surface area contributed by atoms with Gasteiger partial charge in [0.15, 0.2) is 5.58 Å². The Bertz CT molecular complexity index is 793. The van der Waals surface area contributed by atoms with Crippen molar-refractivity contribution in [2.24, 2.45) is 0 Å². The van der Waals surface area contributed by atoms with Crippen molar-refractivity contribution in [1.82, 2.24) is 4.98 Å². The third-order valence-corrected chi connectivity index (χ3v) is 3.79. The predicted octanol–water partition coefficient (Wildman–Crippen LogP) is 4.81. The number of oxazole rings is 1. The second-order valence-electron chi connectivity index (χ2n) is 4.87. The van der Waals surface area contributed by atoms with Crippen LogP contribution in [-0.2, 0) is 0 Å².